The summed E-state index contributed by atoms with van der Waals surface area (Å²) in [7, 11) is 0. The molecular formula is C12H18IN3O2. The van der Waals surface area contributed by atoms with Gasteiger partial charge in [-0.15, -0.1) is 0 Å². The van der Waals surface area contributed by atoms with Crippen molar-refractivity contribution in [2.75, 3.05) is 11.0 Å². The second kappa shape index (κ2) is 6.45. The molecule has 0 heterocycles. The molecule has 18 heavy (non-hydrogen) atoms. The van der Waals surface area contributed by atoms with Crippen LogP contribution in [0.4, 0.5) is 0 Å². The van der Waals surface area contributed by atoms with E-state index in [1.54, 1.807) is 12.2 Å². The van der Waals surface area contributed by atoms with Crippen molar-refractivity contribution in [3.63, 3.8) is 0 Å². The summed E-state index contributed by atoms with van der Waals surface area (Å²) in [4.78, 5) is 28.3. The first kappa shape index (κ1) is 15.3. The van der Waals surface area contributed by atoms with Crippen molar-refractivity contribution in [2.45, 2.75) is 39.2 Å². The van der Waals surface area contributed by atoms with Gasteiger partial charge in [0.15, 0.2) is 0 Å². The number of halogens is 1. The largest absolute Gasteiger partial charge is 0.278 e. The molecule has 0 spiro atoms. The molecule has 0 aromatic carbocycles. The van der Waals surface area contributed by atoms with Gasteiger partial charge in [-0.3, -0.25) is 3.56 Å². The summed E-state index contributed by atoms with van der Waals surface area (Å²) in [5.74, 6) is 0. The Bertz CT molecular complexity index is 416. The first-order chi connectivity index (χ1) is 8.47. The molecule has 3 atom stereocenters. The zero-order valence-electron chi connectivity index (χ0n) is 10.7. The molecule has 5 nitrogen and oxygen atoms in total. The number of carbonyl (C=O) groups excluding carboxylic acids is 2. The van der Waals surface area contributed by atoms with E-state index in [-0.39, 0.29) is 16.9 Å². The molecule has 100 valence electrons. The van der Waals surface area contributed by atoms with Crippen LogP contribution in [0.15, 0.2) is 9.98 Å². The lowest BCUT2D eigenvalue weighted by Gasteiger charge is -2.45. The van der Waals surface area contributed by atoms with Gasteiger partial charge in [0.1, 0.15) is 0 Å². The highest BCUT2D eigenvalue weighted by Crippen LogP contribution is 2.48. The highest BCUT2D eigenvalue weighted by atomic mass is 127. The van der Waals surface area contributed by atoms with Crippen LogP contribution in [0.25, 0.3) is 0 Å². The van der Waals surface area contributed by atoms with Crippen molar-refractivity contribution in [3.8, 4) is 0 Å². The van der Waals surface area contributed by atoms with Gasteiger partial charge in [0.05, 0.1) is 12.6 Å². The van der Waals surface area contributed by atoms with E-state index in [4.69, 9.17) is 3.56 Å². The summed E-state index contributed by atoms with van der Waals surface area (Å²) < 4.78 is 8.40. The predicted molar refractivity (Wildman–Crippen MR) is 76.6 cm³/mol. The van der Waals surface area contributed by atoms with E-state index in [0.29, 0.717) is 6.54 Å². The number of hydrogen-bond donors (Lipinski definition) is 1. The Labute approximate surface area is 117 Å². The van der Waals surface area contributed by atoms with Crippen molar-refractivity contribution in [1.29, 1.82) is 3.56 Å². The summed E-state index contributed by atoms with van der Waals surface area (Å²) in [6.45, 7) is 4.64. The molecular weight excluding hydrogens is 345 g/mol. The molecule has 3 unspecified atom stereocenters. The van der Waals surface area contributed by atoms with Crippen LogP contribution in [0.3, 0.4) is 0 Å². The second-order valence-corrected chi connectivity index (χ2v) is 7.28. The average Bonchev–Trinajstić information content (AvgIpc) is 2.25. The number of alkyl halides is 1. The van der Waals surface area contributed by atoms with E-state index >= 15 is 0 Å². The predicted octanol–water partition coefficient (Wildman–Crippen LogP) is 2.96. The third-order valence-electron chi connectivity index (χ3n) is 3.46. The number of rotatable bonds is 5. The van der Waals surface area contributed by atoms with Crippen LogP contribution in [0.1, 0.15) is 33.1 Å². The van der Waals surface area contributed by atoms with E-state index in [2.05, 4.69) is 23.8 Å². The Hall–Kier alpha value is -0.710. The number of aliphatic imine (C=N–C) groups is 2. The topological polar surface area (TPSA) is 82.7 Å². The van der Waals surface area contributed by atoms with E-state index in [1.807, 2.05) is 0 Å². The van der Waals surface area contributed by atoms with E-state index < -0.39 is 21.0 Å². The van der Waals surface area contributed by atoms with Crippen LogP contribution in [0.2, 0.25) is 0 Å². The minimum Gasteiger partial charge on any atom is -0.278 e. The fourth-order valence-electron chi connectivity index (χ4n) is 3.16. The summed E-state index contributed by atoms with van der Waals surface area (Å²) in [5, 5.41) is 0. The van der Waals surface area contributed by atoms with E-state index in [1.165, 1.54) is 0 Å². The van der Waals surface area contributed by atoms with Crippen LogP contribution in [0, 0.1) is 14.4 Å². The SMILES string of the molecule is CC1(CN=C=O)CC(N=C=O)CC(C)(CI=N)C1. The maximum atomic E-state index is 10.5. The van der Waals surface area contributed by atoms with Gasteiger partial charge in [0.2, 0.25) is 12.2 Å². The standard InChI is InChI=1S/C12H18IN3O2/c1-11(6-13-14)3-10(16-9-18)4-12(2,5-11)7-15-8-17/h10,14H,3-7H2,1-2H3. The van der Waals surface area contributed by atoms with Crippen LogP contribution >= 0.6 is 21.0 Å². The highest BCUT2D eigenvalue weighted by Gasteiger charge is 2.43. The van der Waals surface area contributed by atoms with Crippen molar-refractivity contribution >= 4 is 33.2 Å². The fraction of sp³-hybridized carbons (Fsp3) is 0.833. The minimum atomic E-state index is -0.550. The Kier molecular flexibility index (Phi) is 5.50. The molecule has 0 radical (unpaired) electrons. The van der Waals surface area contributed by atoms with Crippen molar-refractivity contribution in [1.82, 2.24) is 0 Å². The minimum absolute atomic E-state index is 0.0332. The number of isocyanates is 2. The monoisotopic (exact) mass is 363 g/mol. The first-order valence-electron chi connectivity index (χ1n) is 5.82. The normalized spacial score (nSPS) is 35.3. The smallest absolute Gasteiger partial charge is 0.235 e. The lowest BCUT2D eigenvalue weighted by molar-refractivity contribution is 0.0971. The van der Waals surface area contributed by atoms with Gasteiger partial charge in [-0.2, -0.15) is 0 Å². The van der Waals surface area contributed by atoms with Gasteiger partial charge in [-0.25, -0.2) is 19.6 Å². The highest BCUT2D eigenvalue weighted by molar-refractivity contribution is 14.1. The Morgan fingerprint density at radius 1 is 1.28 bits per heavy atom. The number of nitrogens with zero attached hydrogens (tertiary/aromatic N) is 2. The average molecular weight is 363 g/mol. The van der Waals surface area contributed by atoms with Crippen LogP contribution in [-0.4, -0.2) is 29.2 Å². The first-order valence-corrected chi connectivity index (χ1v) is 8.43. The summed E-state index contributed by atoms with van der Waals surface area (Å²) in [6, 6.07) is -0.0522. The number of hydrogen-bond acceptors (Lipinski definition) is 5. The third kappa shape index (κ3) is 4.19. The molecule has 1 aliphatic rings. The van der Waals surface area contributed by atoms with Gasteiger partial charge in [-0.05, 0) is 51.1 Å². The molecule has 1 rings (SSSR count). The molecule has 1 N–H and O–H groups in total. The second-order valence-electron chi connectivity index (χ2n) is 5.76. The Balaban J connectivity index is 2.95. The van der Waals surface area contributed by atoms with Gasteiger partial charge < -0.3 is 0 Å². The molecule has 0 bridgehead atoms. The van der Waals surface area contributed by atoms with E-state index in [0.717, 1.165) is 23.7 Å². The fourth-order valence-corrected chi connectivity index (χ4v) is 4.66. The Morgan fingerprint density at radius 3 is 2.50 bits per heavy atom. The van der Waals surface area contributed by atoms with Crippen molar-refractivity contribution in [3.05, 3.63) is 0 Å². The molecule has 0 saturated heterocycles. The summed E-state index contributed by atoms with van der Waals surface area (Å²) in [6.07, 6.45) is 5.73. The van der Waals surface area contributed by atoms with Crippen molar-refractivity contribution < 1.29 is 9.59 Å². The third-order valence-corrected chi connectivity index (χ3v) is 5.68. The van der Waals surface area contributed by atoms with Gasteiger partial charge >= 0.3 is 0 Å². The summed E-state index contributed by atoms with van der Waals surface area (Å²) in [5.41, 5.74) is -0.0974. The van der Waals surface area contributed by atoms with Gasteiger partial charge in [0, 0.05) is 4.43 Å². The lowest BCUT2D eigenvalue weighted by atomic mass is 9.63. The maximum absolute atomic E-state index is 10.5. The van der Waals surface area contributed by atoms with Gasteiger partial charge in [0.25, 0.3) is 0 Å². The molecule has 0 aromatic rings. The van der Waals surface area contributed by atoms with Crippen LogP contribution in [-0.2, 0) is 9.59 Å². The van der Waals surface area contributed by atoms with Crippen LogP contribution < -0.4 is 0 Å². The van der Waals surface area contributed by atoms with Crippen molar-refractivity contribution in [2.24, 2.45) is 20.8 Å². The van der Waals surface area contributed by atoms with E-state index in [9.17, 15) is 9.59 Å². The molecule has 1 saturated carbocycles. The quantitative estimate of drug-likeness (QED) is 0.353. The maximum Gasteiger partial charge on any atom is 0.235 e. The molecule has 6 heteroatoms. The molecule has 0 amide bonds. The number of nitrogens with one attached hydrogen (secondary N) is 1. The zero-order valence-corrected chi connectivity index (χ0v) is 12.9. The summed E-state index contributed by atoms with van der Waals surface area (Å²) >= 11 is -0.550. The van der Waals surface area contributed by atoms with Crippen LogP contribution in [0.5, 0.6) is 0 Å². The molecule has 0 aromatic heterocycles. The molecule has 0 aliphatic heterocycles. The zero-order chi connectivity index (χ0) is 13.6. The Morgan fingerprint density at radius 2 is 1.94 bits per heavy atom. The lowest BCUT2D eigenvalue weighted by Crippen LogP contribution is -2.41. The van der Waals surface area contributed by atoms with Gasteiger partial charge in [-0.1, -0.05) is 13.8 Å². The molecule has 1 fully saturated rings. The molecule has 1 aliphatic carbocycles.